The van der Waals surface area contributed by atoms with E-state index in [9.17, 15) is 4.79 Å². The van der Waals surface area contributed by atoms with Crippen LogP contribution in [0.2, 0.25) is 0 Å². The molecule has 1 heteroatoms. The summed E-state index contributed by atoms with van der Waals surface area (Å²) in [6.07, 6.45) is 79.5. The van der Waals surface area contributed by atoms with Crippen LogP contribution in [-0.4, -0.2) is 5.78 Å². The Morgan fingerprint density at radius 2 is 0.649 bits per heavy atom. The Balaban J connectivity index is 4.40. The fourth-order valence-electron chi connectivity index (χ4n) is 7.24. The fourth-order valence-corrected chi connectivity index (χ4v) is 7.24. The Kier molecular flexibility index (Phi) is 47.6. The van der Waals surface area contributed by atoms with Crippen LogP contribution in [0.4, 0.5) is 0 Å². The molecule has 0 bridgehead atoms. The molecule has 1 nitrogen and oxygen atoms in total. The molecule has 0 rings (SSSR count). The van der Waals surface area contributed by atoms with Crippen molar-refractivity contribution in [2.24, 2.45) is 5.92 Å². The number of ketones is 1. The lowest BCUT2D eigenvalue weighted by atomic mass is 9.99. The SMILES string of the molecule is CCCCCC=CCC=CCC=CCC=CCCC[14CH2]C(CCCC=CCC=CCC=CCC=CCCCCC)C(=O)CCCCCCCCCCCCCCC. The largest absolute Gasteiger partial charge is 0.299 e. The van der Waals surface area contributed by atoms with E-state index in [1.54, 1.807) is 0 Å². The number of allylic oxidation sites excluding steroid dienone is 16. The van der Waals surface area contributed by atoms with Crippen molar-refractivity contribution >= 4 is 5.78 Å². The van der Waals surface area contributed by atoms with Crippen LogP contribution in [0.5, 0.6) is 0 Å². The third-order valence-electron chi connectivity index (χ3n) is 11.0. The van der Waals surface area contributed by atoms with E-state index >= 15 is 0 Å². The van der Waals surface area contributed by atoms with Gasteiger partial charge in [-0.1, -0.05) is 227 Å². The van der Waals surface area contributed by atoms with Gasteiger partial charge in [-0.25, -0.2) is 0 Å². The summed E-state index contributed by atoms with van der Waals surface area (Å²) in [4.78, 5) is 13.4. The Labute approximate surface area is 357 Å². The monoisotopic (exact) mass is 787 g/mol. The zero-order valence-corrected chi connectivity index (χ0v) is 38.5. The van der Waals surface area contributed by atoms with E-state index in [0.29, 0.717) is 5.78 Å². The predicted molar refractivity (Wildman–Crippen MR) is 260 cm³/mol. The first-order valence-electron chi connectivity index (χ1n) is 25.0. The fraction of sp³-hybridized carbons (Fsp3) is 0.696. The van der Waals surface area contributed by atoms with Crippen LogP contribution in [0.1, 0.15) is 245 Å². The number of Topliss-reactive ketones (excluding diaryl/α,β-unsaturated/α-hetero) is 1. The minimum Gasteiger partial charge on any atom is -0.299 e. The molecular formula is C56H96O. The van der Waals surface area contributed by atoms with E-state index in [1.165, 1.54) is 135 Å². The van der Waals surface area contributed by atoms with E-state index in [2.05, 4.69) is 118 Å². The molecule has 1 unspecified atom stereocenters. The molecule has 0 fully saturated rings. The van der Waals surface area contributed by atoms with Crippen molar-refractivity contribution in [2.75, 3.05) is 0 Å². The molecule has 0 aliphatic rings. The molecule has 326 valence electrons. The molecule has 0 amide bonds. The number of hydrogen-bond donors (Lipinski definition) is 0. The van der Waals surface area contributed by atoms with Gasteiger partial charge in [0, 0.05) is 12.3 Å². The maximum Gasteiger partial charge on any atom is 0.135 e. The molecule has 0 aliphatic carbocycles. The molecule has 1 atom stereocenters. The molecular weight excluding hydrogens is 691 g/mol. The first kappa shape index (κ1) is 54.6. The highest BCUT2D eigenvalue weighted by Gasteiger charge is 2.17. The third kappa shape index (κ3) is 46.2. The van der Waals surface area contributed by atoms with Crippen LogP contribution in [0.15, 0.2) is 97.2 Å². The number of hydrogen-bond acceptors (Lipinski definition) is 1. The van der Waals surface area contributed by atoms with E-state index in [-0.39, 0.29) is 5.92 Å². The Morgan fingerprint density at radius 1 is 0.351 bits per heavy atom. The van der Waals surface area contributed by atoms with E-state index in [0.717, 1.165) is 89.9 Å². The lowest BCUT2D eigenvalue weighted by Crippen LogP contribution is -2.14. The second kappa shape index (κ2) is 49.7. The van der Waals surface area contributed by atoms with Gasteiger partial charge in [-0.3, -0.25) is 4.79 Å². The summed E-state index contributed by atoms with van der Waals surface area (Å²) in [5.41, 5.74) is 0. The van der Waals surface area contributed by atoms with Crippen LogP contribution in [0, 0.1) is 5.92 Å². The Hall–Kier alpha value is -2.41. The van der Waals surface area contributed by atoms with Crippen molar-refractivity contribution in [3.8, 4) is 0 Å². The average Bonchev–Trinajstić information content (AvgIpc) is 3.22. The maximum atomic E-state index is 13.4. The molecule has 0 N–H and O–H groups in total. The molecule has 0 heterocycles. The van der Waals surface area contributed by atoms with Crippen molar-refractivity contribution < 1.29 is 4.79 Å². The summed E-state index contributed by atoms with van der Waals surface area (Å²) < 4.78 is 0. The van der Waals surface area contributed by atoms with E-state index in [1.807, 2.05) is 0 Å². The van der Waals surface area contributed by atoms with Gasteiger partial charge in [-0.15, -0.1) is 0 Å². The molecule has 0 aromatic carbocycles. The summed E-state index contributed by atoms with van der Waals surface area (Å²) in [5, 5.41) is 0. The van der Waals surface area contributed by atoms with Crippen LogP contribution in [0.3, 0.4) is 0 Å². The lowest BCUT2D eigenvalue weighted by molar-refractivity contribution is -0.123. The molecule has 0 aliphatic heterocycles. The average molecular weight is 787 g/mol. The highest BCUT2D eigenvalue weighted by molar-refractivity contribution is 5.80. The Bertz CT molecular complexity index is 1050. The standard InChI is InChI=1S/C56H96O/c1-4-7-10-13-16-19-22-25-27-29-31-33-36-38-41-44-47-50-53-55(56(57)54-51-48-45-42-39-34-24-21-18-15-12-9-6-3)52-49-46-43-40-37-35-32-30-28-26-23-20-17-14-11-8-5-2/h16-17,19-20,25-28,31-33,35,38,40-41,43,55H,4-15,18,21-24,29-30,34,36-37,39,42,44-54H2,1-3H3/i53+2. The second-order valence-electron chi connectivity index (χ2n) is 16.5. The van der Waals surface area contributed by atoms with Gasteiger partial charge in [0.1, 0.15) is 5.78 Å². The zero-order chi connectivity index (χ0) is 41.2. The summed E-state index contributed by atoms with van der Waals surface area (Å²) in [6, 6.07) is 0. The first-order valence-corrected chi connectivity index (χ1v) is 25.0. The first-order chi connectivity index (χ1) is 28.3. The van der Waals surface area contributed by atoms with Crippen molar-refractivity contribution in [1.82, 2.24) is 0 Å². The molecule has 0 saturated carbocycles. The van der Waals surface area contributed by atoms with Crippen LogP contribution in [-0.2, 0) is 4.79 Å². The quantitative estimate of drug-likeness (QED) is 0.0444. The van der Waals surface area contributed by atoms with Crippen molar-refractivity contribution in [3.63, 3.8) is 0 Å². The zero-order valence-electron chi connectivity index (χ0n) is 38.5. The summed E-state index contributed by atoms with van der Waals surface area (Å²) >= 11 is 0. The maximum absolute atomic E-state index is 13.4. The van der Waals surface area contributed by atoms with Gasteiger partial charge >= 0.3 is 0 Å². The number of carbonyl (C=O) groups is 1. The van der Waals surface area contributed by atoms with Crippen molar-refractivity contribution in [2.45, 2.75) is 245 Å². The number of rotatable bonds is 44. The van der Waals surface area contributed by atoms with E-state index in [4.69, 9.17) is 0 Å². The van der Waals surface area contributed by atoms with E-state index < -0.39 is 0 Å². The van der Waals surface area contributed by atoms with Crippen LogP contribution < -0.4 is 0 Å². The highest BCUT2D eigenvalue weighted by atomic mass is 16.1. The van der Waals surface area contributed by atoms with Gasteiger partial charge in [-0.05, 0) is 109 Å². The van der Waals surface area contributed by atoms with Gasteiger partial charge in [0.05, 0.1) is 0 Å². The smallest absolute Gasteiger partial charge is 0.135 e. The normalized spacial score (nSPS) is 13.3. The summed E-state index contributed by atoms with van der Waals surface area (Å²) in [7, 11) is 0. The molecule has 0 saturated heterocycles. The molecule has 57 heavy (non-hydrogen) atoms. The minimum absolute atomic E-state index is 0.255. The van der Waals surface area contributed by atoms with Gasteiger partial charge in [0.2, 0.25) is 0 Å². The predicted octanol–water partition coefficient (Wildman–Crippen LogP) is 19.3. The third-order valence-corrected chi connectivity index (χ3v) is 11.0. The number of unbranched alkanes of at least 4 members (excludes halogenated alkanes) is 21. The molecule has 0 aromatic heterocycles. The number of carbonyl (C=O) groups excluding carboxylic acids is 1. The van der Waals surface area contributed by atoms with Gasteiger partial charge in [-0.2, -0.15) is 0 Å². The summed E-state index contributed by atoms with van der Waals surface area (Å²) in [5.74, 6) is 0.799. The second-order valence-corrected chi connectivity index (χ2v) is 16.5. The topological polar surface area (TPSA) is 17.1 Å². The van der Waals surface area contributed by atoms with Gasteiger partial charge in [0.25, 0.3) is 0 Å². The summed E-state index contributed by atoms with van der Waals surface area (Å²) in [6.45, 7) is 6.81. The molecule has 0 radical (unpaired) electrons. The minimum atomic E-state index is 0.255. The molecule has 0 spiro atoms. The van der Waals surface area contributed by atoms with Crippen LogP contribution >= 0.6 is 0 Å². The van der Waals surface area contributed by atoms with Gasteiger partial charge < -0.3 is 0 Å². The Morgan fingerprint density at radius 3 is 1.04 bits per heavy atom. The molecule has 0 aromatic rings. The van der Waals surface area contributed by atoms with Crippen molar-refractivity contribution in [1.29, 1.82) is 0 Å². The van der Waals surface area contributed by atoms with Gasteiger partial charge in [0.15, 0.2) is 0 Å². The van der Waals surface area contributed by atoms with Crippen molar-refractivity contribution in [3.05, 3.63) is 97.2 Å². The van der Waals surface area contributed by atoms with Crippen LogP contribution in [0.25, 0.3) is 0 Å². The highest BCUT2D eigenvalue weighted by Crippen LogP contribution is 2.22. The lowest BCUT2D eigenvalue weighted by Gasteiger charge is -2.15.